The van der Waals surface area contributed by atoms with E-state index < -0.39 is 0 Å². The Balaban J connectivity index is 0.00000169. The Morgan fingerprint density at radius 1 is 1.71 bits per heavy atom. The number of hydrogen-bond donors (Lipinski definition) is 2. The first-order valence-electron chi connectivity index (χ1n) is 4.82. The van der Waals surface area contributed by atoms with Gasteiger partial charge in [-0.2, -0.15) is 11.8 Å². The molecule has 5 heteroatoms. The summed E-state index contributed by atoms with van der Waals surface area (Å²) in [6.07, 6.45) is 2.97. The first kappa shape index (κ1) is 14.1. The largest absolute Gasteiger partial charge is 0.355 e. The van der Waals surface area contributed by atoms with Crippen molar-refractivity contribution in [3.05, 3.63) is 0 Å². The van der Waals surface area contributed by atoms with Crippen LogP contribution in [0.2, 0.25) is 0 Å². The van der Waals surface area contributed by atoms with Crippen molar-refractivity contribution in [1.29, 1.82) is 0 Å². The van der Waals surface area contributed by atoms with Crippen LogP contribution in [0, 0.1) is 0 Å². The van der Waals surface area contributed by atoms with Crippen LogP contribution >= 0.6 is 24.2 Å². The number of carbonyl (C=O) groups is 1. The van der Waals surface area contributed by atoms with Crippen molar-refractivity contribution in [1.82, 2.24) is 5.32 Å². The Bertz CT molecular complexity index is 172. The highest BCUT2D eigenvalue weighted by atomic mass is 35.5. The molecule has 1 rings (SSSR count). The number of carbonyl (C=O) groups excluding carboxylic acids is 1. The molecule has 14 heavy (non-hydrogen) atoms. The monoisotopic (exact) mass is 238 g/mol. The molecule has 1 amide bonds. The number of nitrogens with two attached hydrogens (primary N) is 1. The fraction of sp³-hybridized carbons (Fsp3) is 0.889. The molecule has 2 unspecified atom stereocenters. The van der Waals surface area contributed by atoms with Gasteiger partial charge in [-0.1, -0.05) is 0 Å². The van der Waals surface area contributed by atoms with Gasteiger partial charge in [0.15, 0.2) is 0 Å². The summed E-state index contributed by atoms with van der Waals surface area (Å²) in [5.41, 5.74) is 5.51. The first-order chi connectivity index (χ1) is 6.18. The number of hydrogen-bond acceptors (Lipinski definition) is 3. The molecule has 0 bridgehead atoms. The average molecular weight is 239 g/mol. The van der Waals surface area contributed by atoms with Crippen LogP contribution in [0.1, 0.15) is 26.2 Å². The Hall–Kier alpha value is 0.0700. The van der Waals surface area contributed by atoms with E-state index in [-0.39, 0.29) is 24.4 Å². The van der Waals surface area contributed by atoms with E-state index in [1.807, 2.05) is 18.7 Å². The van der Waals surface area contributed by atoms with Crippen LogP contribution < -0.4 is 11.1 Å². The lowest BCUT2D eigenvalue weighted by molar-refractivity contribution is -0.121. The van der Waals surface area contributed by atoms with Gasteiger partial charge in [0.25, 0.3) is 0 Å². The van der Waals surface area contributed by atoms with E-state index in [1.54, 1.807) is 0 Å². The van der Waals surface area contributed by atoms with Gasteiger partial charge >= 0.3 is 0 Å². The fourth-order valence-electron chi connectivity index (χ4n) is 1.40. The molecule has 0 aromatic heterocycles. The number of nitrogens with one attached hydrogen (secondary N) is 1. The lowest BCUT2D eigenvalue weighted by Gasteiger charge is -2.10. The van der Waals surface area contributed by atoms with Gasteiger partial charge in [0, 0.05) is 24.3 Å². The summed E-state index contributed by atoms with van der Waals surface area (Å²) >= 11 is 1.96. The molecule has 84 valence electrons. The second-order valence-electron chi connectivity index (χ2n) is 3.62. The molecule has 0 saturated carbocycles. The van der Waals surface area contributed by atoms with Gasteiger partial charge in [0.2, 0.25) is 5.91 Å². The number of amides is 1. The topological polar surface area (TPSA) is 55.1 Å². The van der Waals surface area contributed by atoms with Gasteiger partial charge in [-0.05, 0) is 25.5 Å². The average Bonchev–Trinajstić information content (AvgIpc) is 2.51. The fourth-order valence-corrected chi connectivity index (χ4v) is 2.60. The van der Waals surface area contributed by atoms with Crippen molar-refractivity contribution in [2.45, 2.75) is 37.5 Å². The lowest BCUT2D eigenvalue weighted by Crippen LogP contribution is -2.33. The lowest BCUT2D eigenvalue weighted by atomic mass is 10.2. The van der Waals surface area contributed by atoms with Crippen LogP contribution in [0.3, 0.4) is 0 Å². The Kier molecular flexibility index (Phi) is 7.41. The summed E-state index contributed by atoms with van der Waals surface area (Å²) in [4.78, 5) is 11.2. The predicted octanol–water partition coefficient (Wildman–Crippen LogP) is 1.16. The van der Waals surface area contributed by atoms with Crippen molar-refractivity contribution in [3.8, 4) is 0 Å². The van der Waals surface area contributed by atoms with Crippen molar-refractivity contribution in [3.63, 3.8) is 0 Å². The molecule has 3 N–H and O–H groups in total. The zero-order valence-corrected chi connectivity index (χ0v) is 10.1. The number of rotatable bonds is 4. The summed E-state index contributed by atoms with van der Waals surface area (Å²) in [7, 11) is 0. The van der Waals surface area contributed by atoms with Crippen molar-refractivity contribution in [2.24, 2.45) is 5.73 Å². The summed E-state index contributed by atoms with van der Waals surface area (Å²) in [5, 5.41) is 3.55. The van der Waals surface area contributed by atoms with Gasteiger partial charge in [0.1, 0.15) is 0 Å². The molecule has 2 atom stereocenters. The summed E-state index contributed by atoms with van der Waals surface area (Å²) in [6, 6.07) is -0.0313. The van der Waals surface area contributed by atoms with Crippen LogP contribution in [-0.2, 0) is 4.79 Å². The van der Waals surface area contributed by atoms with Crippen molar-refractivity contribution < 1.29 is 4.79 Å². The Morgan fingerprint density at radius 3 is 2.93 bits per heavy atom. The van der Waals surface area contributed by atoms with Crippen LogP contribution in [0.4, 0.5) is 0 Å². The molecule has 0 spiro atoms. The maximum Gasteiger partial charge on any atom is 0.221 e. The van der Waals surface area contributed by atoms with E-state index in [0.717, 1.165) is 6.54 Å². The summed E-state index contributed by atoms with van der Waals surface area (Å²) in [5.74, 6) is 1.33. The van der Waals surface area contributed by atoms with Gasteiger partial charge in [-0.25, -0.2) is 0 Å². The third-order valence-corrected chi connectivity index (χ3v) is 3.46. The molecule has 0 aromatic rings. The highest BCUT2D eigenvalue weighted by Crippen LogP contribution is 2.25. The summed E-state index contributed by atoms with van der Waals surface area (Å²) < 4.78 is 0. The minimum absolute atomic E-state index is 0. The highest BCUT2D eigenvalue weighted by molar-refractivity contribution is 8.00. The molecule has 1 fully saturated rings. The van der Waals surface area contributed by atoms with Crippen LogP contribution in [-0.4, -0.2) is 29.5 Å². The normalized spacial score (nSPS) is 22.6. The maximum atomic E-state index is 11.2. The van der Waals surface area contributed by atoms with E-state index in [1.165, 1.54) is 18.6 Å². The Labute approximate surface area is 96.0 Å². The second-order valence-corrected chi connectivity index (χ2v) is 5.03. The molecule has 0 radical (unpaired) electrons. The quantitative estimate of drug-likeness (QED) is 0.773. The zero-order valence-electron chi connectivity index (χ0n) is 8.49. The first-order valence-corrected chi connectivity index (χ1v) is 5.87. The van der Waals surface area contributed by atoms with E-state index >= 15 is 0 Å². The minimum atomic E-state index is -0.0313. The molecule has 0 aliphatic carbocycles. The highest BCUT2D eigenvalue weighted by Gasteiger charge is 2.16. The van der Waals surface area contributed by atoms with E-state index in [4.69, 9.17) is 5.73 Å². The molecule has 1 heterocycles. The molecular formula is C9H19ClN2OS. The number of halogens is 1. The second kappa shape index (κ2) is 7.37. The van der Waals surface area contributed by atoms with E-state index in [0.29, 0.717) is 11.7 Å². The minimum Gasteiger partial charge on any atom is -0.355 e. The maximum absolute atomic E-state index is 11.2. The van der Waals surface area contributed by atoms with E-state index in [2.05, 4.69) is 5.32 Å². The van der Waals surface area contributed by atoms with E-state index in [9.17, 15) is 4.79 Å². The van der Waals surface area contributed by atoms with Gasteiger partial charge in [-0.15, -0.1) is 12.4 Å². The molecule has 3 nitrogen and oxygen atoms in total. The van der Waals surface area contributed by atoms with Gasteiger partial charge in [-0.3, -0.25) is 4.79 Å². The van der Waals surface area contributed by atoms with Crippen LogP contribution in [0.5, 0.6) is 0 Å². The van der Waals surface area contributed by atoms with Gasteiger partial charge in [0.05, 0.1) is 0 Å². The molecule has 1 aliphatic heterocycles. The predicted molar refractivity (Wildman–Crippen MR) is 64.0 cm³/mol. The van der Waals surface area contributed by atoms with Gasteiger partial charge < -0.3 is 11.1 Å². The molecule has 1 saturated heterocycles. The number of thioether (sulfide) groups is 1. The molecule has 0 aromatic carbocycles. The Morgan fingerprint density at radius 2 is 2.43 bits per heavy atom. The standard InChI is InChI=1S/C9H18N2OS.ClH/c1-7(10)5-9(12)11-6-8-3-2-4-13-8;/h7-8H,2-6,10H2,1H3,(H,11,12);1H. The third-order valence-electron chi connectivity index (χ3n) is 2.06. The van der Waals surface area contributed by atoms with Crippen molar-refractivity contribution >= 4 is 30.1 Å². The summed E-state index contributed by atoms with van der Waals surface area (Å²) in [6.45, 7) is 2.67. The smallest absolute Gasteiger partial charge is 0.221 e. The zero-order chi connectivity index (χ0) is 9.68. The SMILES string of the molecule is CC(N)CC(=O)NCC1CCCS1.Cl. The van der Waals surface area contributed by atoms with Crippen molar-refractivity contribution in [2.75, 3.05) is 12.3 Å². The third kappa shape index (κ3) is 5.73. The van der Waals surface area contributed by atoms with Crippen LogP contribution in [0.25, 0.3) is 0 Å². The molecule has 1 aliphatic rings. The molecular weight excluding hydrogens is 220 g/mol. The van der Waals surface area contributed by atoms with Crippen LogP contribution in [0.15, 0.2) is 0 Å².